The van der Waals surface area contributed by atoms with Crippen LogP contribution in [0.3, 0.4) is 0 Å². The van der Waals surface area contributed by atoms with Gasteiger partial charge in [0.1, 0.15) is 8.07 Å². The first kappa shape index (κ1) is 50.0. The van der Waals surface area contributed by atoms with E-state index in [1.165, 1.54) is 43.8 Å². The van der Waals surface area contributed by atoms with Gasteiger partial charge >= 0.3 is 21.1 Å². The van der Waals surface area contributed by atoms with Crippen LogP contribution in [0.15, 0.2) is 207 Å². The van der Waals surface area contributed by atoms with Crippen molar-refractivity contribution in [2.75, 3.05) is 0 Å². The zero-order chi connectivity index (χ0) is 49.2. The Morgan fingerprint density at radius 3 is 0.986 bits per heavy atom. The zero-order valence-corrected chi connectivity index (χ0v) is 45.8. The van der Waals surface area contributed by atoms with Crippen LogP contribution < -0.4 is 20.7 Å². The van der Waals surface area contributed by atoms with Gasteiger partial charge in [0, 0.05) is 34.9 Å². The van der Waals surface area contributed by atoms with Crippen molar-refractivity contribution >= 4 is 28.8 Å². The van der Waals surface area contributed by atoms with Crippen molar-refractivity contribution in [1.29, 1.82) is 0 Å². The molecule has 0 saturated carbocycles. The summed E-state index contributed by atoms with van der Waals surface area (Å²) in [4.78, 5) is 10.7. The molecule has 0 N–H and O–H groups in total. The number of hydrogen-bond acceptors (Lipinski definition) is 2. The third kappa shape index (κ3) is 9.14. The molecule has 10 rings (SSSR count). The second-order valence-electron chi connectivity index (χ2n) is 20.0. The summed E-state index contributed by atoms with van der Waals surface area (Å²) < 4.78 is 4.71. The summed E-state index contributed by atoms with van der Waals surface area (Å²) in [5.41, 5.74) is 13.9. The number of rotatable bonds is 14. The molecule has 2 heterocycles. The summed E-state index contributed by atoms with van der Waals surface area (Å²) in [6, 6.07) is 78.7. The second-order valence-corrected chi connectivity index (χ2v) is 23.7. The van der Waals surface area contributed by atoms with Gasteiger partial charge in [-0.2, -0.15) is 0 Å². The standard InChI is InChI=1S/C66H62N4Si.Pt/c1-45(2)57-37-23-38-58(46(3)4)63(57)61-43-67-65(69(61)51-27-13-9-14-28-51)49-25-21-35-55(41-49)71(53-31-17-11-18-32-53,54-33-19-12-20-34-54)56-36-22-26-50(42-56)66-68-44-62(70(66)52-29-15-10-16-30-52)64-59(47(5)6)39-24-40-60(64)48(7)8;/h9-40,43-48H,1-8H3;/q-2;+2. The number of para-hydroxylation sites is 2. The maximum Gasteiger partial charge on any atom is 2.00 e. The molecule has 0 saturated heterocycles. The zero-order valence-electron chi connectivity index (χ0n) is 42.5. The van der Waals surface area contributed by atoms with Crippen LogP contribution in [0.1, 0.15) is 101 Å². The van der Waals surface area contributed by atoms with Crippen molar-refractivity contribution in [2.24, 2.45) is 0 Å². The van der Waals surface area contributed by atoms with Gasteiger partial charge in [0.05, 0.1) is 23.0 Å². The second kappa shape index (κ2) is 21.4. The fourth-order valence-corrected chi connectivity index (χ4v) is 15.3. The molecule has 8 aromatic carbocycles. The minimum Gasteiger partial charge on any atom is -0.333 e. The summed E-state index contributed by atoms with van der Waals surface area (Å²) in [6.45, 7) is 18.3. The Bertz CT molecular complexity index is 3140. The van der Waals surface area contributed by atoms with E-state index in [4.69, 9.17) is 9.97 Å². The van der Waals surface area contributed by atoms with Gasteiger partial charge in [-0.05, 0) is 80.6 Å². The van der Waals surface area contributed by atoms with Gasteiger partial charge in [0.15, 0.2) is 0 Å². The first-order valence-corrected chi connectivity index (χ1v) is 27.3. The van der Waals surface area contributed by atoms with Crippen LogP contribution in [0.2, 0.25) is 0 Å². The van der Waals surface area contributed by atoms with Crippen LogP contribution >= 0.6 is 0 Å². The number of imidazole rings is 2. The molecule has 2 aromatic heterocycles. The fraction of sp³-hybridized carbons (Fsp3) is 0.182. The smallest absolute Gasteiger partial charge is 0.333 e. The fourth-order valence-electron chi connectivity index (χ4n) is 10.8. The van der Waals surface area contributed by atoms with Crippen LogP contribution in [0.25, 0.3) is 56.7 Å². The molecule has 0 radical (unpaired) electrons. The molecule has 0 atom stereocenters. The van der Waals surface area contributed by atoms with Gasteiger partial charge in [-0.1, -0.05) is 189 Å². The predicted molar refractivity (Wildman–Crippen MR) is 300 cm³/mol. The first-order chi connectivity index (χ1) is 34.6. The van der Waals surface area contributed by atoms with E-state index in [1.54, 1.807) is 0 Å². The molecule has 360 valence electrons. The Kier molecular flexibility index (Phi) is 14.9. The maximum atomic E-state index is 5.36. The largest absolute Gasteiger partial charge is 2.00 e. The van der Waals surface area contributed by atoms with E-state index < -0.39 is 8.07 Å². The third-order valence-electron chi connectivity index (χ3n) is 14.1. The monoisotopic (exact) mass is 1130 g/mol. The van der Waals surface area contributed by atoms with Gasteiger partial charge < -0.3 is 9.13 Å². The van der Waals surface area contributed by atoms with E-state index in [0.29, 0.717) is 23.7 Å². The van der Waals surface area contributed by atoms with E-state index in [1.807, 2.05) is 0 Å². The van der Waals surface area contributed by atoms with Gasteiger partial charge in [-0.15, -0.1) is 70.0 Å². The van der Waals surface area contributed by atoms with Crippen LogP contribution in [-0.4, -0.2) is 27.2 Å². The van der Waals surface area contributed by atoms with Crippen molar-refractivity contribution in [3.8, 4) is 56.7 Å². The molecule has 0 aliphatic carbocycles. The van der Waals surface area contributed by atoms with Crippen molar-refractivity contribution in [3.63, 3.8) is 0 Å². The van der Waals surface area contributed by atoms with Gasteiger partial charge in [0.2, 0.25) is 0 Å². The van der Waals surface area contributed by atoms with Crippen LogP contribution in [-0.2, 0) is 21.1 Å². The maximum absolute atomic E-state index is 5.36. The Hall–Kier alpha value is -6.91. The summed E-state index contributed by atoms with van der Waals surface area (Å²) in [7, 11) is -3.22. The summed E-state index contributed by atoms with van der Waals surface area (Å²) >= 11 is 0. The molecule has 0 unspecified atom stereocenters. The molecular weight excluding hydrogens is 1070 g/mol. The number of nitrogens with zero attached hydrogens (tertiary/aromatic N) is 4. The van der Waals surface area contributed by atoms with Crippen molar-refractivity contribution in [3.05, 3.63) is 241 Å². The van der Waals surface area contributed by atoms with Crippen molar-refractivity contribution in [2.45, 2.75) is 79.1 Å². The van der Waals surface area contributed by atoms with Gasteiger partial charge in [-0.3, -0.25) is 9.97 Å². The molecule has 0 bridgehead atoms. The van der Waals surface area contributed by atoms with Crippen LogP contribution in [0.4, 0.5) is 0 Å². The Morgan fingerprint density at radius 2 is 0.667 bits per heavy atom. The normalized spacial score (nSPS) is 11.7. The summed E-state index contributed by atoms with van der Waals surface area (Å²) in [6.07, 6.45) is 4.16. The minimum absolute atomic E-state index is 0. The summed E-state index contributed by atoms with van der Waals surface area (Å²) in [5.74, 6) is 2.99. The minimum atomic E-state index is -3.22. The number of aromatic nitrogens is 4. The molecule has 6 heteroatoms. The topological polar surface area (TPSA) is 35.6 Å². The molecule has 72 heavy (non-hydrogen) atoms. The Morgan fingerprint density at radius 1 is 0.361 bits per heavy atom. The first-order valence-electron chi connectivity index (χ1n) is 25.3. The molecule has 10 aromatic rings. The Labute approximate surface area is 442 Å². The molecule has 0 aliphatic rings. The molecule has 0 aliphatic heterocycles. The van der Waals surface area contributed by atoms with E-state index in [0.717, 1.165) is 55.9 Å². The van der Waals surface area contributed by atoms with Crippen molar-refractivity contribution < 1.29 is 21.1 Å². The quantitative estimate of drug-likeness (QED) is 0.0618. The number of benzene rings is 8. The van der Waals surface area contributed by atoms with E-state index in [2.05, 4.69) is 283 Å². The van der Waals surface area contributed by atoms with Crippen molar-refractivity contribution in [1.82, 2.24) is 19.1 Å². The number of hydrogen-bond donors (Lipinski definition) is 0. The average molecular weight is 1130 g/mol. The predicted octanol–water partition coefficient (Wildman–Crippen LogP) is 14.2. The molecule has 0 amide bonds. The van der Waals surface area contributed by atoms with E-state index in [9.17, 15) is 0 Å². The van der Waals surface area contributed by atoms with Gasteiger partial charge in [0.25, 0.3) is 0 Å². The average Bonchev–Trinajstić information content (AvgIpc) is 4.06. The molecular formula is C66H62N4PtSi. The van der Waals surface area contributed by atoms with E-state index in [-0.39, 0.29) is 21.1 Å². The molecule has 0 fully saturated rings. The molecule has 0 spiro atoms. The van der Waals surface area contributed by atoms with Crippen LogP contribution in [0, 0.1) is 12.1 Å². The Balaban J connectivity index is 0.00000640. The van der Waals surface area contributed by atoms with Gasteiger partial charge in [-0.25, -0.2) is 0 Å². The van der Waals surface area contributed by atoms with E-state index >= 15 is 0 Å². The summed E-state index contributed by atoms with van der Waals surface area (Å²) in [5, 5.41) is 4.73. The molecule has 4 nitrogen and oxygen atoms in total. The SMILES string of the molecule is CC(C)c1cccc(C(C)C)c1-c1cnc(-c2[c-]c([Si](c3[c-]c(-c4ncc(-c5c(C(C)C)cccc5C(C)C)n4-c4ccccc4)ccc3)(c3ccccc3)c3ccccc3)ccc2)n1-c1ccccc1.[Pt+2]. The van der Waals surface area contributed by atoms with Crippen LogP contribution in [0.5, 0.6) is 0 Å². The third-order valence-corrected chi connectivity index (χ3v) is 18.7.